The number of nitrogens with zero attached hydrogens (tertiary/aromatic N) is 2. The smallest absolute Gasteiger partial charge is 0.336 e. The lowest BCUT2D eigenvalue weighted by Crippen LogP contribution is -2.11. The molecule has 3 aromatic rings. The number of hydrogen-bond donors (Lipinski definition) is 1. The zero-order valence-corrected chi connectivity index (χ0v) is 15.0. The van der Waals surface area contributed by atoms with E-state index in [2.05, 4.69) is 4.98 Å². The molecule has 0 aliphatic rings. The second-order valence-corrected chi connectivity index (χ2v) is 6.51. The molecule has 2 aromatic carbocycles. The molecule has 27 heavy (non-hydrogen) atoms. The second-order valence-electron chi connectivity index (χ2n) is 6.51. The standard InChI is InChI=1S/C21H19FN2O3/c1-13(9-20(25)17-5-3-4-6-18(17)21(26)27)16-8-7-15(10-19(16)22)24-11-14(2)23-12-24/h3-8,10-13H,9H2,1-2H3,(H,26,27). The quantitative estimate of drug-likeness (QED) is 0.657. The number of carboxylic acid groups (broad SMARTS) is 1. The Labute approximate surface area is 156 Å². The molecule has 0 amide bonds. The van der Waals surface area contributed by atoms with Crippen molar-refractivity contribution >= 4 is 11.8 Å². The molecule has 0 saturated carbocycles. The van der Waals surface area contributed by atoms with Gasteiger partial charge in [0.25, 0.3) is 0 Å². The van der Waals surface area contributed by atoms with Crippen molar-refractivity contribution in [2.45, 2.75) is 26.2 Å². The minimum atomic E-state index is -1.15. The molecular weight excluding hydrogens is 347 g/mol. The van der Waals surface area contributed by atoms with Crippen LogP contribution in [0.1, 0.15) is 51.2 Å². The average Bonchev–Trinajstić information content (AvgIpc) is 3.07. The SMILES string of the molecule is Cc1cn(-c2ccc(C(C)CC(=O)c3ccccc3C(=O)O)c(F)c2)cn1. The highest BCUT2D eigenvalue weighted by Gasteiger charge is 2.20. The first-order chi connectivity index (χ1) is 12.9. The number of Topliss-reactive ketones (excluding diaryl/α,β-unsaturated/α-hetero) is 1. The molecule has 1 unspecified atom stereocenters. The third-order valence-corrected chi connectivity index (χ3v) is 4.47. The Morgan fingerprint density at radius 1 is 1.19 bits per heavy atom. The Morgan fingerprint density at radius 3 is 2.48 bits per heavy atom. The van der Waals surface area contributed by atoms with E-state index in [0.29, 0.717) is 11.3 Å². The lowest BCUT2D eigenvalue weighted by Gasteiger charge is -2.14. The third kappa shape index (κ3) is 3.95. The molecule has 3 rings (SSSR count). The van der Waals surface area contributed by atoms with E-state index in [4.69, 9.17) is 0 Å². The predicted octanol–water partition coefficient (Wildman–Crippen LogP) is 4.39. The van der Waals surface area contributed by atoms with E-state index in [-0.39, 0.29) is 23.3 Å². The molecule has 5 nitrogen and oxygen atoms in total. The number of imidazole rings is 1. The monoisotopic (exact) mass is 366 g/mol. The minimum absolute atomic E-state index is 0.0186. The van der Waals surface area contributed by atoms with Gasteiger partial charge < -0.3 is 9.67 Å². The van der Waals surface area contributed by atoms with Crippen LogP contribution in [0.3, 0.4) is 0 Å². The highest BCUT2D eigenvalue weighted by atomic mass is 19.1. The van der Waals surface area contributed by atoms with Crippen molar-refractivity contribution in [1.82, 2.24) is 9.55 Å². The first kappa shape index (κ1) is 18.5. The van der Waals surface area contributed by atoms with Gasteiger partial charge in [0.05, 0.1) is 17.6 Å². The van der Waals surface area contributed by atoms with Crippen LogP contribution in [-0.2, 0) is 0 Å². The molecule has 0 radical (unpaired) electrons. The number of benzene rings is 2. The van der Waals surface area contributed by atoms with Gasteiger partial charge in [-0.3, -0.25) is 4.79 Å². The van der Waals surface area contributed by atoms with Crippen LogP contribution in [0.4, 0.5) is 4.39 Å². The Balaban J connectivity index is 1.81. The molecule has 138 valence electrons. The Morgan fingerprint density at radius 2 is 1.89 bits per heavy atom. The fraction of sp³-hybridized carbons (Fsp3) is 0.190. The second kappa shape index (κ2) is 7.53. The average molecular weight is 366 g/mol. The van der Waals surface area contributed by atoms with Crippen molar-refractivity contribution in [3.63, 3.8) is 0 Å². The minimum Gasteiger partial charge on any atom is -0.478 e. The summed E-state index contributed by atoms with van der Waals surface area (Å²) >= 11 is 0. The summed E-state index contributed by atoms with van der Waals surface area (Å²) in [6, 6.07) is 10.9. The molecule has 0 fully saturated rings. The van der Waals surface area contributed by atoms with Gasteiger partial charge in [0.2, 0.25) is 0 Å². The lowest BCUT2D eigenvalue weighted by atomic mass is 9.91. The van der Waals surface area contributed by atoms with Gasteiger partial charge in [-0.2, -0.15) is 0 Å². The van der Waals surface area contributed by atoms with Crippen molar-refractivity contribution < 1.29 is 19.1 Å². The number of carboxylic acids is 1. The fourth-order valence-electron chi connectivity index (χ4n) is 3.05. The molecular formula is C21H19FN2O3. The van der Waals surface area contributed by atoms with Gasteiger partial charge in [0.1, 0.15) is 5.82 Å². The summed E-state index contributed by atoms with van der Waals surface area (Å²) in [5.41, 5.74) is 1.99. The molecule has 0 saturated heterocycles. The van der Waals surface area contributed by atoms with E-state index in [9.17, 15) is 19.1 Å². The van der Waals surface area contributed by atoms with Crippen LogP contribution in [0.2, 0.25) is 0 Å². The van der Waals surface area contributed by atoms with E-state index < -0.39 is 17.7 Å². The highest BCUT2D eigenvalue weighted by Crippen LogP contribution is 2.26. The van der Waals surface area contributed by atoms with Crippen LogP contribution in [0.25, 0.3) is 5.69 Å². The highest BCUT2D eigenvalue weighted by molar-refractivity contribution is 6.06. The Hall–Kier alpha value is -3.28. The number of halogens is 1. The first-order valence-corrected chi connectivity index (χ1v) is 8.52. The van der Waals surface area contributed by atoms with Gasteiger partial charge in [-0.15, -0.1) is 0 Å². The number of ketones is 1. The van der Waals surface area contributed by atoms with E-state index in [1.54, 1.807) is 48.3 Å². The first-order valence-electron chi connectivity index (χ1n) is 8.52. The van der Waals surface area contributed by atoms with Crippen LogP contribution in [0, 0.1) is 12.7 Å². The molecule has 6 heteroatoms. The lowest BCUT2D eigenvalue weighted by molar-refractivity contribution is 0.0691. The molecule has 1 heterocycles. The number of rotatable bonds is 6. The van der Waals surface area contributed by atoms with Crippen molar-refractivity contribution in [3.05, 3.63) is 83.2 Å². The molecule has 0 aliphatic carbocycles. The maximum Gasteiger partial charge on any atom is 0.336 e. The van der Waals surface area contributed by atoms with E-state index in [1.807, 2.05) is 6.92 Å². The number of aromatic nitrogens is 2. The number of aromatic carboxylic acids is 1. The van der Waals surface area contributed by atoms with Crippen LogP contribution < -0.4 is 0 Å². The maximum atomic E-state index is 14.6. The predicted molar refractivity (Wildman–Crippen MR) is 99.0 cm³/mol. The van der Waals surface area contributed by atoms with Gasteiger partial charge in [0.15, 0.2) is 5.78 Å². The number of aryl methyl sites for hydroxylation is 1. The van der Waals surface area contributed by atoms with E-state index in [0.717, 1.165) is 5.69 Å². The van der Waals surface area contributed by atoms with Crippen molar-refractivity contribution in [3.8, 4) is 5.69 Å². The van der Waals surface area contributed by atoms with Gasteiger partial charge in [-0.05, 0) is 36.6 Å². The van der Waals surface area contributed by atoms with Crippen LogP contribution in [-0.4, -0.2) is 26.4 Å². The van der Waals surface area contributed by atoms with E-state index >= 15 is 0 Å². The Bertz CT molecular complexity index is 1010. The summed E-state index contributed by atoms with van der Waals surface area (Å²) in [6.07, 6.45) is 3.43. The summed E-state index contributed by atoms with van der Waals surface area (Å²) in [5, 5.41) is 9.23. The normalized spacial score (nSPS) is 12.0. The summed E-state index contributed by atoms with van der Waals surface area (Å²) < 4.78 is 16.3. The molecule has 0 aliphatic heterocycles. The summed E-state index contributed by atoms with van der Waals surface area (Å²) in [7, 11) is 0. The summed E-state index contributed by atoms with van der Waals surface area (Å²) in [5.74, 6) is -2.28. The molecule has 1 aromatic heterocycles. The number of carbonyl (C=O) groups is 2. The van der Waals surface area contributed by atoms with Crippen molar-refractivity contribution in [1.29, 1.82) is 0 Å². The van der Waals surface area contributed by atoms with Gasteiger partial charge in [0, 0.05) is 23.9 Å². The largest absolute Gasteiger partial charge is 0.478 e. The van der Waals surface area contributed by atoms with Crippen molar-refractivity contribution in [2.24, 2.45) is 0 Å². The molecule has 0 bridgehead atoms. The molecule has 1 atom stereocenters. The van der Waals surface area contributed by atoms with Gasteiger partial charge in [-0.1, -0.05) is 31.2 Å². The van der Waals surface area contributed by atoms with Crippen LogP contribution >= 0.6 is 0 Å². The van der Waals surface area contributed by atoms with Crippen LogP contribution in [0.5, 0.6) is 0 Å². The van der Waals surface area contributed by atoms with Gasteiger partial charge >= 0.3 is 5.97 Å². The van der Waals surface area contributed by atoms with Crippen LogP contribution in [0.15, 0.2) is 55.0 Å². The molecule has 1 N–H and O–H groups in total. The Kier molecular flexibility index (Phi) is 5.16. The number of hydrogen-bond acceptors (Lipinski definition) is 3. The summed E-state index contributed by atoms with van der Waals surface area (Å²) in [6.45, 7) is 3.60. The zero-order chi connectivity index (χ0) is 19.6. The zero-order valence-electron chi connectivity index (χ0n) is 15.0. The third-order valence-electron chi connectivity index (χ3n) is 4.47. The number of carbonyl (C=O) groups excluding carboxylic acids is 1. The van der Waals surface area contributed by atoms with Gasteiger partial charge in [-0.25, -0.2) is 14.2 Å². The van der Waals surface area contributed by atoms with Crippen molar-refractivity contribution in [2.75, 3.05) is 0 Å². The maximum absolute atomic E-state index is 14.6. The van der Waals surface area contributed by atoms with E-state index in [1.165, 1.54) is 18.2 Å². The fourth-order valence-corrected chi connectivity index (χ4v) is 3.05. The molecule has 0 spiro atoms. The summed E-state index contributed by atoms with van der Waals surface area (Å²) in [4.78, 5) is 28.0. The topological polar surface area (TPSA) is 72.2 Å².